The third kappa shape index (κ3) is 2.35. The van der Waals surface area contributed by atoms with Crippen LogP contribution in [0.3, 0.4) is 0 Å². The third-order valence-corrected chi connectivity index (χ3v) is 3.48. The average Bonchev–Trinajstić information content (AvgIpc) is 2.38. The highest BCUT2D eigenvalue weighted by atomic mass is 15.2. The fraction of sp³-hybridized carbons (Fsp3) is 0.615. The lowest BCUT2D eigenvalue weighted by atomic mass is 9.95. The van der Waals surface area contributed by atoms with E-state index in [4.69, 9.17) is 5.73 Å². The molecule has 3 nitrogen and oxygen atoms in total. The van der Waals surface area contributed by atoms with Crippen LogP contribution in [0.5, 0.6) is 0 Å². The molecule has 16 heavy (non-hydrogen) atoms. The number of hydrogen-bond donors (Lipinski definition) is 1. The van der Waals surface area contributed by atoms with E-state index in [9.17, 15) is 0 Å². The highest BCUT2D eigenvalue weighted by Gasteiger charge is 2.20. The summed E-state index contributed by atoms with van der Waals surface area (Å²) >= 11 is 0. The maximum atomic E-state index is 5.76. The van der Waals surface area contributed by atoms with Gasteiger partial charge in [-0.3, -0.25) is 0 Å². The Hall–Kier alpha value is -1.09. The maximum Gasteiger partial charge on any atom is 0.133 e. The average molecular weight is 219 g/mol. The minimum absolute atomic E-state index is 0.580. The molecule has 2 N–H and O–H groups in total. The first-order valence-corrected chi connectivity index (χ1v) is 6.24. The first-order valence-electron chi connectivity index (χ1n) is 6.24. The van der Waals surface area contributed by atoms with E-state index in [2.05, 4.69) is 22.9 Å². The van der Waals surface area contributed by atoms with Crippen LogP contribution in [0.25, 0.3) is 0 Å². The van der Waals surface area contributed by atoms with Crippen molar-refractivity contribution in [2.75, 3.05) is 18.0 Å². The molecule has 1 unspecified atom stereocenters. The number of aromatic nitrogens is 1. The topological polar surface area (TPSA) is 42.2 Å². The summed E-state index contributed by atoms with van der Waals surface area (Å²) in [5.74, 6) is 1.92. The molecule has 0 spiro atoms. The number of piperidine rings is 1. The molecular weight excluding hydrogens is 198 g/mol. The molecule has 1 aromatic heterocycles. The van der Waals surface area contributed by atoms with Crippen molar-refractivity contribution in [3.63, 3.8) is 0 Å². The quantitative estimate of drug-likeness (QED) is 0.847. The van der Waals surface area contributed by atoms with Crippen molar-refractivity contribution in [1.29, 1.82) is 0 Å². The second kappa shape index (κ2) is 5.30. The zero-order valence-electron chi connectivity index (χ0n) is 10.0. The van der Waals surface area contributed by atoms with Gasteiger partial charge in [-0.25, -0.2) is 4.98 Å². The van der Waals surface area contributed by atoms with Gasteiger partial charge in [0.15, 0.2) is 0 Å². The van der Waals surface area contributed by atoms with Gasteiger partial charge in [0.1, 0.15) is 5.82 Å². The van der Waals surface area contributed by atoms with E-state index in [0.29, 0.717) is 6.54 Å². The van der Waals surface area contributed by atoms with Crippen LogP contribution in [0.15, 0.2) is 18.3 Å². The molecule has 1 aliphatic rings. The lowest BCUT2D eigenvalue weighted by Crippen LogP contribution is -2.36. The van der Waals surface area contributed by atoms with Gasteiger partial charge in [0.2, 0.25) is 0 Å². The van der Waals surface area contributed by atoms with Gasteiger partial charge < -0.3 is 10.6 Å². The van der Waals surface area contributed by atoms with E-state index < -0.39 is 0 Å². The molecular formula is C13H21N3. The number of nitrogens with zero attached hydrogens (tertiary/aromatic N) is 2. The summed E-state index contributed by atoms with van der Waals surface area (Å²) in [5, 5.41) is 0. The zero-order valence-corrected chi connectivity index (χ0v) is 10.0. The Morgan fingerprint density at radius 3 is 3.19 bits per heavy atom. The molecule has 88 valence electrons. The van der Waals surface area contributed by atoms with Crippen LogP contribution in [0.1, 0.15) is 31.7 Å². The van der Waals surface area contributed by atoms with Gasteiger partial charge in [-0.05, 0) is 24.8 Å². The largest absolute Gasteiger partial charge is 0.356 e. The molecule has 0 bridgehead atoms. The van der Waals surface area contributed by atoms with E-state index in [1.165, 1.54) is 24.8 Å². The van der Waals surface area contributed by atoms with Crippen LogP contribution < -0.4 is 10.6 Å². The van der Waals surface area contributed by atoms with Crippen molar-refractivity contribution in [2.45, 2.75) is 32.7 Å². The summed E-state index contributed by atoms with van der Waals surface area (Å²) in [6, 6.07) is 4.05. The van der Waals surface area contributed by atoms with Gasteiger partial charge in [0, 0.05) is 31.4 Å². The summed E-state index contributed by atoms with van der Waals surface area (Å²) in [7, 11) is 0. The second-order valence-electron chi connectivity index (χ2n) is 4.55. The smallest absolute Gasteiger partial charge is 0.133 e. The van der Waals surface area contributed by atoms with Gasteiger partial charge in [-0.1, -0.05) is 19.4 Å². The number of rotatable bonds is 3. The molecule has 2 heterocycles. The summed E-state index contributed by atoms with van der Waals surface area (Å²) < 4.78 is 0. The Balaban J connectivity index is 2.16. The van der Waals surface area contributed by atoms with Crippen molar-refractivity contribution in [3.8, 4) is 0 Å². The Bertz CT molecular complexity index is 338. The van der Waals surface area contributed by atoms with Crippen molar-refractivity contribution in [2.24, 2.45) is 11.7 Å². The van der Waals surface area contributed by atoms with E-state index in [0.717, 1.165) is 24.8 Å². The molecule has 1 aliphatic heterocycles. The summed E-state index contributed by atoms with van der Waals surface area (Å²) in [5.41, 5.74) is 6.92. The molecule has 1 aromatic rings. The Labute approximate surface area is 97.7 Å². The van der Waals surface area contributed by atoms with E-state index in [-0.39, 0.29) is 0 Å². The third-order valence-electron chi connectivity index (χ3n) is 3.48. The van der Waals surface area contributed by atoms with Crippen LogP contribution in [0.2, 0.25) is 0 Å². The van der Waals surface area contributed by atoms with Gasteiger partial charge in [-0.15, -0.1) is 0 Å². The minimum Gasteiger partial charge on any atom is -0.356 e. The van der Waals surface area contributed by atoms with Crippen molar-refractivity contribution >= 4 is 5.82 Å². The SMILES string of the molecule is CCC1CCCN(c2ncccc2CN)C1. The molecule has 1 fully saturated rings. The van der Waals surface area contributed by atoms with E-state index in [1.54, 1.807) is 0 Å². The Kier molecular flexibility index (Phi) is 3.78. The van der Waals surface area contributed by atoms with Crippen LogP contribution >= 0.6 is 0 Å². The van der Waals surface area contributed by atoms with E-state index >= 15 is 0 Å². The predicted molar refractivity (Wildman–Crippen MR) is 67.4 cm³/mol. The van der Waals surface area contributed by atoms with Gasteiger partial charge in [-0.2, -0.15) is 0 Å². The number of pyridine rings is 1. The molecule has 2 rings (SSSR count). The van der Waals surface area contributed by atoms with Gasteiger partial charge in [0.05, 0.1) is 0 Å². The Morgan fingerprint density at radius 2 is 2.44 bits per heavy atom. The molecule has 0 amide bonds. The zero-order chi connectivity index (χ0) is 11.4. The number of anilines is 1. The summed E-state index contributed by atoms with van der Waals surface area (Å²) in [6.07, 6.45) is 5.77. The summed E-state index contributed by atoms with van der Waals surface area (Å²) in [6.45, 7) is 5.12. The molecule has 1 saturated heterocycles. The molecule has 3 heteroatoms. The molecule has 0 saturated carbocycles. The second-order valence-corrected chi connectivity index (χ2v) is 4.55. The van der Waals surface area contributed by atoms with Crippen LogP contribution in [0, 0.1) is 5.92 Å². The minimum atomic E-state index is 0.580. The number of hydrogen-bond acceptors (Lipinski definition) is 3. The fourth-order valence-corrected chi connectivity index (χ4v) is 2.47. The first kappa shape index (κ1) is 11.4. The van der Waals surface area contributed by atoms with Crippen LogP contribution in [-0.2, 0) is 6.54 Å². The molecule has 0 aliphatic carbocycles. The highest BCUT2D eigenvalue weighted by Crippen LogP contribution is 2.25. The van der Waals surface area contributed by atoms with Gasteiger partial charge in [0.25, 0.3) is 0 Å². The molecule has 1 atom stereocenters. The normalized spacial score (nSPS) is 21.1. The summed E-state index contributed by atoms with van der Waals surface area (Å²) in [4.78, 5) is 6.89. The fourth-order valence-electron chi connectivity index (χ4n) is 2.47. The van der Waals surface area contributed by atoms with Crippen molar-refractivity contribution in [1.82, 2.24) is 4.98 Å². The van der Waals surface area contributed by atoms with Crippen molar-refractivity contribution < 1.29 is 0 Å². The van der Waals surface area contributed by atoms with Crippen molar-refractivity contribution in [3.05, 3.63) is 23.9 Å². The highest BCUT2D eigenvalue weighted by molar-refractivity contribution is 5.47. The Morgan fingerprint density at radius 1 is 1.56 bits per heavy atom. The van der Waals surface area contributed by atoms with Gasteiger partial charge >= 0.3 is 0 Å². The maximum absolute atomic E-state index is 5.76. The predicted octanol–water partition coefficient (Wildman–Crippen LogP) is 2.17. The lowest BCUT2D eigenvalue weighted by Gasteiger charge is -2.34. The standard InChI is InChI=1S/C13H21N3/c1-2-11-5-4-8-16(10-11)13-12(9-14)6-3-7-15-13/h3,6-7,11H,2,4-5,8-10,14H2,1H3. The molecule has 0 radical (unpaired) electrons. The van der Waals surface area contributed by atoms with Crippen LogP contribution in [0.4, 0.5) is 5.82 Å². The molecule has 0 aromatic carbocycles. The van der Waals surface area contributed by atoms with E-state index in [1.807, 2.05) is 12.3 Å². The van der Waals surface area contributed by atoms with Crippen LogP contribution in [-0.4, -0.2) is 18.1 Å². The lowest BCUT2D eigenvalue weighted by molar-refractivity contribution is 0.402. The number of nitrogens with two attached hydrogens (primary N) is 1. The monoisotopic (exact) mass is 219 g/mol. The first-order chi connectivity index (χ1) is 7.85.